The highest BCUT2D eigenvalue weighted by molar-refractivity contribution is 5.73. The molecule has 0 atom stereocenters. The summed E-state index contributed by atoms with van der Waals surface area (Å²) in [5.74, 6) is -0.681. The van der Waals surface area contributed by atoms with Gasteiger partial charge in [-0.15, -0.1) is 0 Å². The molecule has 0 saturated carbocycles. The Morgan fingerprint density at radius 1 is 1.50 bits per heavy atom. The molecule has 1 amide bonds. The quantitative estimate of drug-likeness (QED) is 0.508. The van der Waals surface area contributed by atoms with E-state index in [2.05, 4.69) is 5.32 Å². The average Bonchev–Trinajstić information content (AvgIpc) is 2.29. The number of nitrogens with two attached hydrogens (primary N) is 2. The van der Waals surface area contributed by atoms with Crippen LogP contribution in [0.25, 0.3) is 0 Å². The number of carbonyl (C=O) groups excluding carboxylic acids is 1. The Bertz CT molecular complexity index is 424. The molecule has 1 aromatic rings. The average molecular weight is 255 g/mol. The van der Waals surface area contributed by atoms with Gasteiger partial charge in [0.15, 0.2) is 11.6 Å². The Morgan fingerprint density at radius 2 is 2.22 bits per heavy atom. The minimum absolute atomic E-state index is 0.157. The third-order valence-corrected chi connectivity index (χ3v) is 2.32. The lowest BCUT2D eigenvalue weighted by molar-refractivity contribution is -0.118. The van der Waals surface area contributed by atoms with Gasteiger partial charge in [0.2, 0.25) is 5.91 Å². The Morgan fingerprint density at radius 3 is 2.83 bits per heavy atom. The number of ether oxygens (including phenoxy) is 1. The van der Waals surface area contributed by atoms with E-state index in [1.807, 2.05) is 0 Å². The molecule has 0 aliphatic heterocycles. The maximum atomic E-state index is 13.4. The lowest BCUT2D eigenvalue weighted by Gasteiger charge is -2.12. The van der Waals surface area contributed by atoms with Crippen LogP contribution in [0.5, 0.6) is 5.75 Å². The molecular formula is C12H18FN3O2. The molecule has 0 heterocycles. The van der Waals surface area contributed by atoms with Crippen LogP contribution in [0, 0.1) is 5.82 Å². The number of primary amides is 1. The number of amides is 1. The van der Waals surface area contributed by atoms with Crippen molar-refractivity contribution in [2.24, 2.45) is 5.73 Å². The molecule has 0 aliphatic carbocycles. The number of carbonyl (C=O) groups is 1. The van der Waals surface area contributed by atoms with Crippen LogP contribution in [0.2, 0.25) is 0 Å². The van der Waals surface area contributed by atoms with E-state index in [0.717, 1.165) is 0 Å². The lowest BCUT2D eigenvalue weighted by atomic mass is 10.2. The molecule has 0 radical (unpaired) electrons. The molecule has 100 valence electrons. The standard InChI is InChI=1S/C12H18FN3O2/c1-2-18-11-7-10(9(14)6-8(11)13)16-5-3-4-12(15)17/h6-7,16H,2-5,14H2,1H3,(H2,15,17). The summed E-state index contributed by atoms with van der Waals surface area (Å²) >= 11 is 0. The second-order valence-corrected chi connectivity index (χ2v) is 3.80. The van der Waals surface area contributed by atoms with Crippen molar-refractivity contribution >= 4 is 17.3 Å². The second-order valence-electron chi connectivity index (χ2n) is 3.80. The fourth-order valence-electron chi connectivity index (χ4n) is 1.47. The van der Waals surface area contributed by atoms with Crippen LogP contribution in [0.1, 0.15) is 19.8 Å². The van der Waals surface area contributed by atoms with Gasteiger partial charge in [0.1, 0.15) is 0 Å². The highest BCUT2D eigenvalue weighted by Gasteiger charge is 2.08. The minimum Gasteiger partial charge on any atom is -0.491 e. The predicted molar refractivity (Wildman–Crippen MR) is 68.9 cm³/mol. The summed E-state index contributed by atoms with van der Waals surface area (Å²) in [5.41, 5.74) is 11.6. The van der Waals surface area contributed by atoms with Crippen LogP contribution >= 0.6 is 0 Å². The van der Waals surface area contributed by atoms with Gasteiger partial charge in [-0.1, -0.05) is 0 Å². The molecule has 1 rings (SSSR count). The number of halogens is 1. The number of hydrogen-bond donors (Lipinski definition) is 3. The van der Waals surface area contributed by atoms with Gasteiger partial charge in [-0.05, 0) is 13.3 Å². The van der Waals surface area contributed by atoms with Crippen LogP contribution in [0.4, 0.5) is 15.8 Å². The molecule has 0 spiro atoms. The van der Waals surface area contributed by atoms with Gasteiger partial charge in [-0.2, -0.15) is 0 Å². The summed E-state index contributed by atoms with van der Waals surface area (Å²) in [6.07, 6.45) is 0.891. The molecule has 5 N–H and O–H groups in total. The minimum atomic E-state index is -0.489. The van der Waals surface area contributed by atoms with Gasteiger partial charge in [0.25, 0.3) is 0 Å². The number of benzene rings is 1. The Kier molecular flexibility index (Phi) is 5.23. The summed E-state index contributed by atoms with van der Waals surface area (Å²) < 4.78 is 18.5. The van der Waals surface area contributed by atoms with E-state index in [1.165, 1.54) is 12.1 Å². The molecule has 0 fully saturated rings. The molecule has 18 heavy (non-hydrogen) atoms. The molecular weight excluding hydrogens is 237 g/mol. The number of hydrogen-bond acceptors (Lipinski definition) is 4. The third-order valence-electron chi connectivity index (χ3n) is 2.32. The number of nitrogens with one attached hydrogen (secondary N) is 1. The predicted octanol–water partition coefficient (Wildman–Crippen LogP) is 1.48. The van der Waals surface area contributed by atoms with Crippen LogP contribution in [0.15, 0.2) is 12.1 Å². The molecule has 0 unspecified atom stereocenters. The Labute approximate surface area is 105 Å². The molecule has 6 heteroatoms. The SMILES string of the molecule is CCOc1cc(NCCCC(N)=O)c(N)cc1F. The molecule has 0 saturated heterocycles. The highest BCUT2D eigenvalue weighted by atomic mass is 19.1. The first-order valence-corrected chi connectivity index (χ1v) is 5.78. The second kappa shape index (κ2) is 6.68. The normalized spacial score (nSPS) is 10.1. The van der Waals surface area contributed by atoms with E-state index in [0.29, 0.717) is 37.4 Å². The van der Waals surface area contributed by atoms with Crippen molar-refractivity contribution in [2.75, 3.05) is 24.2 Å². The fourth-order valence-corrected chi connectivity index (χ4v) is 1.47. The van der Waals surface area contributed by atoms with Crippen LogP contribution < -0.4 is 21.5 Å². The van der Waals surface area contributed by atoms with E-state index in [4.69, 9.17) is 16.2 Å². The molecule has 0 aromatic heterocycles. The van der Waals surface area contributed by atoms with E-state index < -0.39 is 5.82 Å². The van der Waals surface area contributed by atoms with Gasteiger partial charge in [-0.3, -0.25) is 4.79 Å². The van der Waals surface area contributed by atoms with Crippen LogP contribution in [-0.2, 0) is 4.79 Å². The van der Waals surface area contributed by atoms with Crippen molar-refractivity contribution in [3.05, 3.63) is 17.9 Å². The van der Waals surface area contributed by atoms with Gasteiger partial charge in [0, 0.05) is 25.1 Å². The van der Waals surface area contributed by atoms with Crippen molar-refractivity contribution in [2.45, 2.75) is 19.8 Å². The molecule has 5 nitrogen and oxygen atoms in total. The molecule has 1 aromatic carbocycles. The van der Waals surface area contributed by atoms with E-state index in [1.54, 1.807) is 6.92 Å². The first-order chi connectivity index (χ1) is 8.54. The smallest absolute Gasteiger partial charge is 0.217 e. The zero-order valence-corrected chi connectivity index (χ0v) is 10.3. The van der Waals surface area contributed by atoms with Crippen LogP contribution in [0.3, 0.4) is 0 Å². The van der Waals surface area contributed by atoms with E-state index in [-0.39, 0.29) is 11.7 Å². The summed E-state index contributed by atoms with van der Waals surface area (Å²) in [7, 11) is 0. The van der Waals surface area contributed by atoms with Crippen molar-refractivity contribution in [1.82, 2.24) is 0 Å². The van der Waals surface area contributed by atoms with Crippen molar-refractivity contribution in [3.8, 4) is 5.75 Å². The van der Waals surface area contributed by atoms with E-state index in [9.17, 15) is 9.18 Å². The molecule has 0 bridgehead atoms. The third kappa shape index (κ3) is 4.12. The summed E-state index contributed by atoms with van der Waals surface area (Å²) in [4.78, 5) is 10.6. The number of rotatable bonds is 7. The number of anilines is 2. The van der Waals surface area contributed by atoms with Gasteiger partial charge < -0.3 is 21.5 Å². The monoisotopic (exact) mass is 255 g/mol. The highest BCUT2D eigenvalue weighted by Crippen LogP contribution is 2.28. The summed E-state index contributed by atoms with van der Waals surface area (Å²) in [5, 5.41) is 3.01. The van der Waals surface area contributed by atoms with Gasteiger partial charge >= 0.3 is 0 Å². The topological polar surface area (TPSA) is 90.4 Å². The largest absolute Gasteiger partial charge is 0.491 e. The first-order valence-electron chi connectivity index (χ1n) is 5.78. The first kappa shape index (κ1) is 14.1. The van der Waals surface area contributed by atoms with E-state index >= 15 is 0 Å². The Hall–Kier alpha value is -1.98. The summed E-state index contributed by atoms with van der Waals surface area (Å²) in [6, 6.07) is 2.72. The maximum Gasteiger partial charge on any atom is 0.217 e. The maximum absolute atomic E-state index is 13.4. The summed E-state index contributed by atoms with van der Waals surface area (Å²) in [6.45, 7) is 2.68. The zero-order valence-electron chi connectivity index (χ0n) is 10.3. The van der Waals surface area contributed by atoms with Gasteiger partial charge in [0.05, 0.1) is 18.0 Å². The van der Waals surface area contributed by atoms with Crippen molar-refractivity contribution in [1.29, 1.82) is 0 Å². The molecule has 0 aliphatic rings. The number of nitrogen functional groups attached to an aromatic ring is 1. The van der Waals surface area contributed by atoms with Crippen LogP contribution in [-0.4, -0.2) is 19.1 Å². The lowest BCUT2D eigenvalue weighted by Crippen LogP contribution is -2.13. The van der Waals surface area contributed by atoms with Crippen molar-refractivity contribution < 1.29 is 13.9 Å². The zero-order chi connectivity index (χ0) is 13.5. The fraction of sp³-hybridized carbons (Fsp3) is 0.417. The van der Waals surface area contributed by atoms with Crippen molar-refractivity contribution in [3.63, 3.8) is 0 Å². The Balaban J connectivity index is 2.64. The van der Waals surface area contributed by atoms with Gasteiger partial charge in [-0.25, -0.2) is 4.39 Å².